The first-order valence-corrected chi connectivity index (χ1v) is 8.57. The third kappa shape index (κ3) is 3.27. The van der Waals surface area contributed by atoms with E-state index in [2.05, 4.69) is 4.72 Å². The molecule has 2 rings (SSSR count). The third-order valence-electron chi connectivity index (χ3n) is 2.54. The van der Waals surface area contributed by atoms with Gasteiger partial charge in [-0.3, -0.25) is 4.72 Å². The summed E-state index contributed by atoms with van der Waals surface area (Å²) in [6.07, 6.45) is 0. The molecule has 1 aromatic carbocycles. The van der Waals surface area contributed by atoms with Crippen molar-refractivity contribution in [2.45, 2.75) is 18.4 Å². The zero-order valence-electron chi connectivity index (χ0n) is 10.4. The fourth-order valence-electron chi connectivity index (χ4n) is 1.64. The smallest absolute Gasteiger partial charge is 0.263 e. The van der Waals surface area contributed by atoms with E-state index >= 15 is 0 Å². The lowest BCUT2D eigenvalue weighted by Gasteiger charge is -2.08. The molecule has 0 amide bonds. The predicted molar refractivity (Wildman–Crippen MR) is 82.2 cm³/mol. The van der Waals surface area contributed by atoms with E-state index in [1.54, 1.807) is 6.92 Å². The molecule has 0 saturated carbocycles. The van der Waals surface area contributed by atoms with Gasteiger partial charge in [-0.2, -0.15) is 0 Å². The minimum absolute atomic E-state index is 0.151. The van der Waals surface area contributed by atoms with Crippen molar-refractivity contribution in [1.29, 1.82) is 0 Å². The van der Waals surface area contributed by atoms with Gasteiger partial charge >= 0.3 is 0 Å². The molecule has 0 atom stereocenters. The molecular weight excluding hydrogens is 341 g/mol. The summed E-state index contributed by atoms with van der Waals surface area (Å²) in [6.45, 7) is 1.50. The maximum Gasteiger partial charge on any atom is 0.263 e. The second kappa shape index (κ2) is 5.91. The first-order chi connectivity index (χ1) is 9.33. The fraction of sp³-hybridized carbons (Fsp3) is 0.167. The number of thiophene rings is 1. The molecule has 20 heavy (non-hydrogen) atoms. The highest BCUT2D eigenvalue weighted by Crippen LogP contribution is 2.29. The zero-order chi connectivity index (χ0) is 14.9. The second-order valence-corrected chi connectivity index (χ2v) is 7.83. The number of benzene rings is 1. The Morgan fingerprint density at radius 3 is 2.50 bits per heavy atom. The van der Waals surface area contributed by atoms with Gasteiger partial charge < -0.3 is 5.11 Å². The molecule has 0 spiro atoms. The molecule has 0 fully saturated rings. The van der Waals surface area contributed by atoms with Gasteiger partial charge in [0.2, 0.25) is 0 Å². The van der Waals surface area contributed by atoms with Gasteiger partial charge in [-0.05, 0) is 31.2 Å². The van der Waals surface area contributed by atoms with Crippen molar-refractivity contribution in [3.05, 3.63) is 44.1 Å². The maximum atomic E-state index is 12.3. The van der Waals surface area contributed by atoms with Gasteiger partial charge in [0, 0.05) is 9.75 Å². The molecule has 0 bridgehead atoms. The number of anilines is 1. The second-order valence-electron chi connectivity index (χ2n) is 4.03. The van der Waals surface area contributed by atoms with Gasteiger partial charge in [-0.1, -0.05) is 23.2 Å². The average molecular weight is 352 g/mol. The van der Waals surface area contributed by atoms with E-state index in [1.807, 2.05) is 0 Å². The van der Waals surface area contributed by atoms with E-state index in [4.69, 9.17) is 28.3 Å². The van der Waals surface area contributed by atoms with E-state index < -0.39 is 10.0 Å². The fourth-order valence-corrected chi connectivity index (χ4v) is 4.48. The van der Waals surface area contributed by atoms with Gasteiger partial charge in [-0.15, -0.1) is 11.3 Å². The van der Waals surface area contributed by atoms with Crippen LogP contribution in [0.25, 0.3) is 0 Å². The monoisotopic (exact) mass is 351 g/mol. The van der Waals surface area contributed by atoms with Crippen LogP contribution in [0.2, 0.25) is 10.0 Å². The van der Waals surface area contributed by atoms with Crippen LogP contribution in [0, 0.1) is 6.92 Å². The summed E-state index contributed by atoms with van der Waals surface area (Å²) < 4.78 is 27.0. The lowest BCUT2D eigenvalue weighted by molar-refractivity contribution is 0.285. The van der Waals surface area contributed by atoms with Crippen LogP contribution in [0.4, 0.5) is 5.69 Å². The molecule has 0 saturated heterocycles. The number of sulfonamides is 1. The van der Waals surface area contributed by atoms with Gasteiger partial charge in [0.05, 0.1) is 22.3 Å². The SMILES string of the molecule is Cc1sc(CO)cc1S(=O)(=O)Nc1ccc(Cl)c(Cl)c1. The summed E-state index contributed by atoms with van der Waals surface area (Å²) in [7, 11) is -3.72. The van der Waals surface area contributed by atoms with Crippen LogP contribution in [-0.2, 0) is 16.6 Å². The molecular formula is C12H11Cl2NO3S2. The van der Waals surface area contributed by atoms with Gasteiger partial charge in [-0.25, -0.2) is 8.42 Å². The van der Waals surface area contributed by atoms with Crippen molar-refractivity contribution in [3.8, 4) is 0 Å². The summed E-state index contributed by atoms with van der Waals surface area (Å²) in [5, 5.41) is 9.68. The Hall–Kier alpha value is -0.790. The number of aryl methyl sites for hydroxylation is 1. The molecule has 1 heterocycles. The number of rotatable bonds is 4. The normalized spacial score (nSPS) is 11.6. The minimum Gasteiger partial charge on any atom is -0.391 e. The molecule has 2 aromatic rings. The molecule has 0 unspecified atom stereocenters. The van der Waals surface area contributed by atoms with Crippen LogP contribution in [0.15, 0.2) is 29.2 Å². The van der Waals surface area contributed by atoms with Gasteiger partial charge in [0.1, 0.15) is 4.90 Å². The number of nitrogens with one attached hydrogen (secondary N) is 1. The summed E-state index contributed by atoms with van der Waals surface area (Å²) >= 11 is 12.9. The van der Waals surface area contributed by atoms with E-state index in [0.717, 1.165) is 0 Å². The van der Waals surface area contributed by atoms with E-state index in [-0.39, 0.29) is 16.5 Å². The number of aliphatic hydroxyl groups excluding tert-OH is 1. The van der Waals surface area contributed by atoms with Crippen LogP contribution in [-0.4, -0.2) is 13.5 Å². The first-order valence-electron chi connectivity index (χ1n) is 5.51. The molecule has 0 aliphatic rings. The molecule has 108 valence electrons. The Balaban J connectivity index is 2.35. The van der Waals surface area contributed by atoms with Crippen molar-refractivity contribution in [2.75, 3.05) is 4.72 Å². The summed E-state index contributed by atoms with van der Waals surface area (Å²) in [6, 6.07) is 5.94. The molecule has 2 N–H and O–H groups in total. The molecule has 1 aromatic heterocycles. The maximum absolute atomic E-state index is 12.3. The van der Waals surface area contributed by atoms with Crippen molar-refractivity contribution < 1.29 is 13.5 Å². The molecule has 0 radical (unpaired) electrons. The molecule has 8 heteroatoms. The van der Waals surface area contributed by atoms with Crippen LogP contribution >= 0.6 is 34.5 Å². The van der Waals surface area contributed by atoms with Crippen LogP contribution in [0.5, 0.6) is 0 Å². The Morgan fingerprint density at radius 1 is 1.25 bits per heavy atom. The number of hydrogen-bond acceptors (Lipinski definition) is 4. The summed E-state index contributed by atoms with van der Waals surface area (Å²) in [5.74, 6) is 0. The van der Waals surface area contributed by atoms with Gasteiger partial charge in [0.25, 0.3) is 10.0 Å². The van der Waals surface area contributed by atoms with E-state index in [0.29, 0.717) is 20.5 Å². The average Bonchev–Trinajstić information content (AvgIpc) is 2.76. The number of halogens is 2. The predicted octanol–water partition coefficient (Wildman–Crippen LogP) is 3.66. The molecule has 0 aliphatic carbocycles. The largest absolute Gasteiger partial charge is 0.391 e. The summed E-state index contributed by atoms with van der Waals surface area (Å²) in [5.41, 5.74) is 0.329. The highest BCUT2D eigenvalue weighted by molar-refractivity contribution is 7.93. The molecule has 0 aliphatic heterocycles. The molecule has 4 nitrogen and oxygen atoms in total. The Kier molecular flexibility index (Phi) is 4.61. The van der Waals surface area contributed by atoms with Crippen molar-refractivity contribution in [2.24, 2.45) is 0 Å². The Bertz CT molecular complexity index is 741. The van der Waals surface area contributed by atoms with Crippen LogP contribution in [0.1, 0.15) is 9.75 Å². The van der Waals surface area contributed by atoms with Crippen LogP contribution in [0.3, 0.4) is 0 Å². The quantitative estimate of drug-likeness (QED) is 0.883. The van der Waals surface area contributed by atoms with Gasteiger partial charge in [0.15, 0.2) is 0 Å². The highest BCUT2D eigenvalue weighted by Gasteiger charge is 2.20. The minimum atomic E-state index is -3.72. The number of aliphatic hydroxyl groups is 1. The van der Waals surface area contributed by atoms with Crippen molar-refractivity contribution in [1.82, 2.24) is 0 Å². The highest BCUT2D eigenvalue weighted by atomic mass is 35.5. The van der Waals surface area contributed by atoms with E-state index in [9.17, 15) is 8.42 Å². The lowest BCUT2D eigenvalue weighted by atomic mass is 10.3. The van der Waals surface area contributed by atoms with Crippen molar-refractivity contribution >= 4 is 50.2 Å². The Labute approximate surface area is 131 Å². The number of hydrogen-bond donors (Lipinski definition) is 2. The summed E-state index contributed by atoms with van der Waals surface area (Å²) in [4.78, 5) is 1.36. The topological polar surface area (TPSA) is 66.4 Å². The lowest BCUT2D eigenvalue weighted by Crippen LogP contribution is -2.13. The zero-order valence-corrected chi connectivity index (χ0v) is 13.5. The standard InChI is InChI=1S/C12H11Cl2NO3S2/c1-7-12(5-9(6-16)19-7)20(17,18)15-8-2-3-10(13)11(14)4-8/h2-5,15-16H,6H2,1H3. The van der Waals surface area contributed by atoms with Crippen LogP contribution < -0.4 is 4.72 Å². The van der Waals surface area contributed by atoms with E-state index in [1.165, 1.54) is 35.6 Å². The third-order valence-corrected chi connectivity index (χ3v) is 5.95. The first kappa shape index (κ1) is 15.6. The Morgan fingerprint density at radius 2 is 1.95 bits per heavy atom. The van der Waals surface area contributed by atoms with Crippen molar-refractivity contribution in [3.63, 3.8) is 0 Å².